The van der Waals surface area contributed by atoms with Gasteiger partial charge in [0.15, 0.2) is 0 Å². The van der Waals surface area contributed by atoms with E-state index in [0.29, 0.717) is 11.4 Å². The zero-order chi connectivity index (χ0) is 16.7. The van der Waals surface area contributed by atoms with Crippen molar-refractivity contribution in [3.05, 3.63) is 60.2 Å². The van der Waals surface area contributed by atoms with Crippen LogP contribution in [0, 0.1) is 0 Å². The van der Waals surface area contributed by atoms with Crippen LogP contribution in [0.3, 0.4) is 0 Å². The third-order valence-electron chi connectivity index (χ3n) is 3.80. The highest BCUT2D eigenvalue weighted by molar-refractivity contribution is 5.91. The van der Waals surface area contributed by atoms with E-state index in [9.17, 15) is 9.90 Å². The number of carbonyl (C=O) groups is 1. The number of aliphatic hydroxyl groups excluding tert-OH is 1. The molecule has 2 aromatic rings. The Hall–Kier alpha value is -2.53. The molecular formula is C18H22N2O3. The average Bonchev–Trinajstić information content (AvgIpc) is 2.60. The molecule has 0 fully saturated rings. The number of aliphatic hydroxyl groups is 1. The monoisotopic (exact) mass is 314 g/mol. The van der Waals surface area contributed by atoms with E-state index in [1.807, 2.05) is 49.4 Å². The van der Waals surface area contributed by atoms with E-state index < -0.39 is 0 Å². The number of nitrogens with one attached hydrogen (secondary N) is 2. The highest BCUT2D eigenvalue weighted by Crippen LogP contribution is 2.23. The number of anilines is 1. The maximum Gasteiger partial charge on any atom is 0.319 e. The molecule has 0 bridgehead atoms. The zero-order valence-electron chi connectivity index (χ0n) is 13.3. The molecule has 0 radical (unpaired) electrons. The lowest BCUT2D eigenvalue weighted by atomic mass is 9.94. The van der Waals surface area contributed by atoms with Gasteiger partial charge < -0.3 is 20.5 Å². The molecule has 0 spiro atoms. The van der Waals surface area contributed by atoms with Gasteiger partial charge in [0, 0.05) is 5.92 Å². The molecule has 2 aromatic carbocycles. The molecule has 0 unspecified atom stereocenters. The summed E-state index contributed by atoms with van der Waals surface area (Å²) < 4.78 is 5.20. The molecule has 0 saturated carbocycles. The third-order valence-corrected chi connectivity index (χ3v) is 3.80. The quantitative estimate of drug-likeness (QED) is 0.767. The van der Waals surface area contributed by atoms with Crippen LogP contribution < -0.4 is 15.4 Å². The summed E-state index contributed by atoms with van der Waals surface area (Å²) in [6.07, 6.45) is 0. The molecule has 122 valence electrons. The number of ether oxygens (including phenoxy) is 1. The Kier molecular flexibility index (Phi) is 6.00. The summed E-state index contributed by atoms with van der Waals surface area (Å²) in [7, 11) is 1.55. The minimum absolute atomic E-state index is 0.00961. The van der Waals surface area contributed by atoms with Crippen LogP contribution in [-0.4, -0.2) is 30.9 Å². The maximum absolute atomic E-state index is 12.2. The number of hydrogen-bond donors (Lipinski definition) is 3. The summed E-state index contributed by atoms with van der Waals surface area (Å²) in [5, 5.41) is 15.2. The average molecular weight is 314 g/mol. The van der Waals surface area contributed by atoms with Crippen molar-refractivity contribution in [3.8, 4) is 5.75 Å². The van der Waals surface area contributed by atoms with Crippen molar-refractivity contribution in [2.24, 2.45) is 0 Å². The van der Waals surface area contributed by atoms with Crippen molar-refractivity contribution in [3.63, 3.8) is 0 Å². The van der Waals surface area contributed by atoms with Crippen LogP contribution in [0.5, 0.6) is 5.75 Å². The predicted octanol–water partition coefficient (Wildman–Crippen LogP) is 2.98. The molecule has 3 N–H and O–H groups in total. The number of benzene rings is 2. The first-order chi connectivity index (χ1) is 11.2. The summed E-state index contributed by atoms with van der Waals surface area (Å²) in [5.41, 5.74) is 1.64. The Labute approximate surface area is 136 Å². The molecule has 2 amide bonds. The topological polar surface area (TPSA) is 70.6 Å². The number of urea groups is 1. The van der Waals surface area contributed by atoms with Gasteiger partial charge >= 0.3 is 6.03 Å². The van der Waals surface area contributed by atoms with Crippen molar-refractivity contribution >= 4 is 11.7 Å². The van der Waals surface area contributed by atoms with Gasteiger partial charge in [0.2, 0.25) is 0 Å². The van der Waals surface area contributed by atoms with Gasteiger partial charge in [0.05, 0.1) is 25.4 Å². The molecule has 0 aliphatic rings. The number of amides is 2. The van der Waals surface area contributed by atoms with Crippen molar-refractivity contribution in [1.29, 1.82) is 0 Å². The van der Waals surface area contributed by atoms with Crippen molar-refractivity contribution in [1.82, 2.24) is 5.32 Å². The minimum atomic E-state index is -0.382. The van der Waals surface area contributed by atoms with Crippen LogP contribution in [-0.2, 0) is 0 Å². The van der Waals surface area contributed by atoms with Crippen LogP contribution in [0.15, 0.2) is 54.6 Å². The Morgan fingerprint density at radius 3 is 2.43 bits per heavy atom. The Morgan fingerprint density at radius 1 is 1.13 bits per heavy atom. The van der Waals surface area contributed by atoms with Gasteiger partial charge in [0.25, 0.3) is 0 Å². The zero-order valence-corrected chi connectivity index (χ0v) is 13.3. The molecule has 2 rings (SSSR count). The van der Waals surface area contributed by atoms with Crippen LogP contribution in [0.1, 0.15) is 18.4 Å². The van der Waals surface area contributed by atoms with E-state index in [0.717, 1.165) is 5.56 Å². The Bertz CT molecular complexity index is 631. The van der Waals surface area contributed by atoms with Crippen molar-refractivity contribution < 1.29 is 14.6 Å². The van der Waals surface area contributed by atoms with Crippen LogP contribution in [0.2, 0.25) is 0 Å². The number of methoxy groups -OCH3 is 1. The summed E-state index contributed by atoms with van der Waals surface area (Å²) >= 11 is 0. The van der Waals surface area contributed by atoms with Gasteiger partial charge in [-0.1, -0.05) is 49.4 Å². The van der Waals surface area contributed by atoms with Gasteiger partial charge in [0.1, 0.15) is 5.75 Å². The SMILES string of the molecule is COc1ccccc1NC(=O)N[C@@H](CO)[C@@H](C)c1ccccc1. The highest BCUT2D eigenvalue weighted by Gasteiger charge is 2.20. The van der Waals surface area contributed by atoms with Crippen LogP contribution in [0.25, 0.3) is 0 Å². The molecule has 0 heterocycles. The predicted molar refractivity (Wildman–Crippen MR) is 90.9 cm³/mol. The lowest BCUT2D eigenvalue weighted by Gasteiger charge is -2.24. The molecule has 0 aliphatic carbocycles. The van der Waals surface area contributed by atoms with Gasteiger partial charge in [-0.2, -0.15) is 0 Å². The molecular weight excluding hydrogens is 292 g/mol. The van der Waals surface area contributed by atoms with Crippen LogP contribution in [0.4, 0.5) is 10.5 Å². The van der Waals surface area contributed by atoms with Gasteiger partial charge in [-0.3, -0.25) is 0 Å². The molecule has 5 heteroatoms. The highest BCUT2D eigenvalue weighted by atomic mass is 16.5. The second-order valence-corrected chi connectivity index (χ2v) is 5.29. The summed E-state index contributed by atoms with van der Waals surface area (Å²) in [4.78, 5) is 12.2. The van der Waals surface area contributed by atoms with Crippen LogP contribution >= 0.6 is 0 Å². The standard InChI is InChI=1S/C18H22N2O3/c1-13(14-8-4-3-5-9-14)16(12-21)20-18(22)19-15-10-6-7-11-17(15)23-2/h3-11,13,16,21H,12H2,1-2H3,(H2,19,20,22)/t13-,16-/m0/s1. The van der Waals surface area contributed by atoms with E-state index in [2.05, 4.69) is 10.6 Å². The molecule has 5 nitrogen and oxygen atoms in total. The van der Waals surface area contributed by atoms with E-state index >= 15 is 0 Å². The fraction of sp³-hybridized carbons (Fsp3) is 0.278. The maximum atomic E-state index is 12.2. The molecule has 2 atom stereocenters. The summed E-state index contributed by atoms with van der Waals surface area (Å²) in [6.45, 7) is 1.83. The van der Waals surface area contributed by atoms with E-state index in [1.165, 1.54) is 0 Å². The largest absolute Gasteiger partial charge is 0.495 e. The molecule has 23 heavy (non-hydrogen) atoms. The van der Waals surface area contributed by atoms with Gasteiger partial charge in [-0.05, 0) is 17.7 Å². The summed E-state index contributed by atoms with van der Waals surface area (Å²) in [5.74, 6) is 0.573. The summed E-state index contributed by atoms with van der Waals surface area (Å²) in [6, 6.07) is 16.2. The lowest BCUT2D eigenvalue weighted by Crippen LogP contribution is -2.43. The van der Waals surface area contributed by atoms with Crippen molar-refractivity contribution in [2.75, 3.05) is 19.0 Å². The number of carbonyl (C=O) groups excluding carboxylic acids is 1. The van der Waals surface area contributed by atoms with Gasteiger partial charge in [-0.25, -0.2) is 4.79 Å². The molecule has 0 saturated heterocycles. The molecule has 0 aliphatic heterocycles. The van der Waals surface area contributed by atoms with E-state index in [4.69, 9.17) is 4.74 Å². The lowest BCUT2D eigenvalue weighted by molar-refractivity contribution is 0.215. The van der Waals surface area contributed by atoms with E-state index in [1.54, 1.807) is 19.2 Å². The Morgan fingerprint density at radius 2 is 1.78 bits per heavy atom. The second-order valence-electron chi connectivity index (χ2n) is 5.29. The molecule has 0 aromatic heterocycles. The first-order valence-electron chi connectivity index (χ1n) is 7.52. The Balaban J connectivity index is 2.02. The fourth-order valence-corrected chi connectivity index (χ4v) is 2.39. The normalized spacial score (nSPS) is 13.0. The second kappa shape index (κ2) is 8.19. The third kappa shape index (κ3) is 4.47. The number of para-hydroxylation sites is 2. The van der Waals surface area contributed by atoms with Crippen molar-refractivity contribution in [2.45, 2.75) is 18.9 Å². The number of rotatable bonds is 6. The number of hydrogen-bond acceptors (Lipinski definition) is 3. The minimum Gasteiger partial charge on any atom is -0.495 e. The van der Waals surface area contributed by atoms with Gasteiger partial charge in [-0.15, -0.1) is 0 Å². The first kappa shape index (κ1) is 16.8. The van der Waals surface area contributed by atoms with E-state index in [-0.39, 0.29) is 24.6 Å². The smallest absolute Gasteiger partial charge is 0.319 e. The first-order valence-corrected chi connectivity index (χ1v) is 7.52. The fourth-order valence-electron chi connectivity index (χ4n) is 2.39.